The average molecular weight is 178 g/mol. The van der Waals surface area contributed by atoms with Crippen LogP contribution in [0.25, 0.3) is 0 Å². The molecule has 0 atom stereocenters. The summed E-state index contributed by atoms with van der Waals surface area (Å²) >= 11 is 0. The van der Waals surface area contributed by atoms with E-state index in [-0.39, 0.29) is 0 Å². The van der Waals surface area contributed by atoms with E-state index in [2.05, 4.69) is 4.98 Å². The Morgan fingerprint density at radius 1 is 1.50 bits per heavy atom. The molecule has 0 aromatic carbocycles. The molecule has 0 aliphatic carbocycles. The van der Waals surface area contributed by atoms with Crippen molar-refractivity contribution in [3.05, 3.63) is 17.6 Å². The summed E-state index contributed by atoms with van der Waals surface area (Å²) in [6.45, 7) is 0. The van der Waals surface area contributed by atoms with Crippen LogP contribution in [0.3, 0.4) is 0 Å². The number of alkyl halides is 2. The summed E-state index contributed by atoms with van der Waals surface area (Å²) in [6, 6.07) is 0.558. The van der Waals surface area contributed by atoms with Gasteiger partial charge >= 0.3 is 0 Å². The minimum Gasteiger partial charge on any atom is -0.504 e. The fourth-order valence-corrected chi connectivity index (χ4v) is 0.661. The predicted molar refractivity (Wildman–Crippen MR) is 35.2 cm³/mol. The van der Waals surface area contributed by atoms with Crippen molar-refractivity contribution in [1.82, 2.24) is 4.98 Å². The summed E-state index contributed by atoms with van der Waals surface area (Å²) < 4.78 is 36.3. The zero-order chi connectivity index (χ0) is 9.30. The van der Waals surface area contributed by atoms with E-state index in [0.29, 0.717) is 6.07 Å². The van der Waals surface area contributed by atoms with Gasteiger partial charge < -0.3 is 10.8 Å². The lowest BCUT2D eigenvalue weighted by molar-refractivity contribution is 0.144. The normalized spacial score (nSPS) is 10.7. The van der Waals surface area contributed by atoms with E-state index >= 15 is 0 Å². The van der Waals surface area contributed by atoms with Crippen molar-refractivity contribution in [2.75, 3.05) is 5.73 Å². The van der Waals surface area contributed by atoms with Crippen molar-refractivity contribution in [2.24, 2.45) is 0 Å². The van der Waals surface area contributed by atoms with Crippen LogP contribution >= 0.6 is 0 Å². The topological polar surface area (TPSA) is 59.1 Å². The Balaban J connectivity index is 3.23. The van der Waals surface area contributed by atoms with E-state index in [0.717, 1.165) is 0 Å². The molecular formula is C6H5F3N2O. The second kappa shape index (κ2) is 2.88. The maximum Gasteiger partial charge on any atom is 0.268 e. The third-order valence-electron chi connectivity index (χ3n) is 1.25. The molecular weight excluding hydrogens is 173 g/mol. The van der Waals surface area contributed by atoms with Gasteiger partial charge in [0.2, 0.25) is 5.95 Å². The van der Waals surface area contributed by atoms with Crippen LogP contribution < -0.4 is 5.73 Å². The predicted octanol–water partition coefficient (Wildman–Crippen LogP) is 1.45. The number of aromatic hydroxyl groups is 1. The molecule has 0 fully saturated rings. The highest BCUT2D eigenvalue weighted by atomic mass is 19.3. The number of aromatic nitrogens is 1. The second-order valence-electron chi connectivity index (χ2n) is 2.07. The number of hydrogen-bond acceptors (Lipinski definition) is 3. The number of pyridine rings is 1. The van der Waals surface area contributed by atoms with Crippen LogP contribution in [0.5, 0.6) is 5.75 Å². The molecule has 0 unspecified atom stereocenters. The van der Waals surface area contributed by atoms with Gasteiger partial charge in [-0.3, -0.25) is 0 Å². The fourth-order valence-electron chi connectivity index (χ4n) is 0.661. The molecule has 12 heavy (non-hydrogen) atoms. The lowest BCUT2D eigenvalue weighted by Crippen LogP contribution is -1.99. The molecule has 0 saturated heterocycles. The van der Waals surface area contributed by atoms with Gasteiger partial charge in [-0.2, -0.15) is 9.37 Å². The van der Waals surface area contributed by atoms with Gasteiger partial charge in [0.1, 0.15) is 0 Å². The Morgan fingerprint density at radius 2 is 2.08 bits per heavy atom. The highest BCUT2D eigenvalue weighted by Crippen LogP contribution is 2.27. The van der Waals surface area contributed by atoms with Crippen LogP contribution in [-0.2, 0) is 0 Å². The number of rotatable bonds is 1. The number of nitrogens with zero attached hydrogens (tertiary/aromatic N) is 1. The van der Waals surface area contributed by atoms with Gasteiger partial charge in [0.25, 0.3) is 6.43 Å². The van der Waals surface area contributed by atoms with E-state index in [1.165, 1.54) is 0 Å². The zero-order valence-corrected chi connectivity index (χ0v) is 5.76. The highest BCUT2D eigenvalue weighted by molar-refractivity contribution is 5.46. The number of nitrogen functional groups attached to an aromatic ring is 1. The van der Waals surface area contributed by atoms with Gasteiger partial charge in [0.15, 0.2) is 11.6 Å². The molecule has 0 aliphatic rings. The molecule has 66 valence electrons. The second-order valence-corrected chi connectivity index (χ2v) is 2.07. The summed E-state index contributed by atoms with van der Waals surface area (Å²) in [5.74, 6) is -2.51. The summed E-state index contributed by atoms with van der Waals surface area (Å²) in [6.07, 6.45) is -3.01. The van der Waals surface area contributed by atoms with Crippen molar-refractivity contribution in [3.8, 4) is 5.75 Å². The van der Waals surface area contributed by atoms with E-state index in [9.17, 15) is 13.2 Å². The molecule has 0 spiro atoms. The van der Waals surface area contributed by atoms with Gasteiger partial charge in [-0.15, -0.1) is 0 Å². The van der Waals surface area contributed by atoms with Crippen molar-refractivity contribution >= 4 is 5.82 Å². The van der Waals surface area contributed by atoms with Crippen LogP contribution in [-0.4, -0.2) is 10.1 Å². The SMILES string of the molecule is Nc1nc(F)c(C(F)F)cc1O. The summed E-state index contributed by atoms with van der Waals surface area (Å²) in [5, 5.41) is 8.79. The zero-order valence-electron chi connectivity index (χ0n) is 5.76. The number of halogens is 3. The fraction of sp³-hybridized carbons (Fsp3) is 0.167. The number of nitrogens with two attached hydrogens (primary N) is 1. The van der Waals surface area contributed by atoms with E-state index in [4.69, 9.17) is 10.8 Å². The lowest BCUT2D eigenvalue weighted by Gasteiger charge is -2.03. The molecule has 1 aromatic rings. The Hall–Kier alpha value is -1.46. The standard InChI is InChI=1S/C6H5F3N2O/c7-4(8)2-1-3(12)6(10)11-5(2)9/h1,4,12H,(H2,10,11). The smallest absolute Gasteiger partial charge is 0.268 e. The van der Waals surface area contributed by atoms with Crippen molar-refractivity contribution in [1.29, 1.82) is 0 Å². The minimum absolute atomic E-state index is 0.503. The minimum atomic E-state index is -3.01. The first kappa shape index (κ1) is 8.63. The molecule has 0 saturated carbocycles. The summed E-state index contributed by atoms with van der Waals surface area (Å²) in [4.78, 5) is 2.88. The third-order valence-corrected chi connectivity index (χ3v) is 1.25. The summed E-state index contributed by atoms with van der Waals surface area (Å²) in [5.41, 5.74) is 3.99. The third kappa shape index (κ3) is 1.41. The maximum atomic E-state index is 12.5. The summed E-state index contributed by atoms with van der Waals surface area (Å²) in [7, 11) is 0. The van der Waals surface area contributed by atoms with Gasteiger partial charge in [-0.25, -0.2) is 8.78 Å². The highest BCUT2D eigenvalue weighted by Gasteiger charge is 2.16. The molecule has 0 bridgehead atoms. The van der Waals surface area contributed by atoms with Gasteiger partial charge in [0.05, 0.1) is 5.56 Å². The first-order valence-corrected chi connectivity index (χ1v) is 2.95. The maximum absolute atomic E-state index is 12.5. The first-order chi connectivity index (χ1) is 5.52. The van der Waals surface area contributed by atoms with E-state index in [1.54, 1.807) is 0 Å². The molecule has 1 rings (SSSR count). The van der Waals surface area contributed by atoms with Crippen molar-refractivity contribution in [2.45, 2.75) is 6.43 Å². The molecule has 6 heteroatoms. The number of anilines is 1. The molecule has 0 aliphatic heterocycles. The molecule has 0 amide bonds. The van der Waals surface area contributed by atoms with Gasteiger partial charge in [-0.1, -0.05) is 0 Å². The molecule has 3 N–H and O–H groups in total. The lowest BCUT2D eigenvalue weighted by atomic mass is 10.2. The average Bonchev–Trinajstić information content (AvgIpc) is 1.96. The molecule has 1 aromatic heterocycles. The first-order valence-electron chi connectivity index (χ1n) is 2.95. The van der Waals surface area contributed by atoms with Gasteiger partial charge in [-0.05, 0) is 6.07 Å². The Bertz CT molecular complexity index is 303. The van der Waals surface area contributed by atoms with E-state index < -0.39 is 29.5 Å². The Kier molecular flexibility index (Phi) is 2.07. The Labute approximate surface area is 65.6 Å². The van der Waals surface area contributed by atoms with Crippen LogP contribution in [0.4, 0.5) is 19.0 Å². The molecule has 0 radical (unpaired) electrons. The van der Waals surface area contributed by atoms with Crippen molar-refractivity contribution < 1.29 is 18.3 Å². The van der Waals surface area contributed by atoms with Crippen molar-refractivity contribution in [3.63, 3.8) is 0 Å². The van der Waals surface area contributed by atoms with Gasteiger partial charge in [0, 0.05) is 0 Å². The van der Waals surface area contributed by atoms with E-state index in [1.807, 2.05) is 0 Å². The largest absolute Gasteiger partial charge is 0.504 e. The van der Waals surface area contributed by atoms with Crippen LogP contribution in [0, 0.1) is 5.95 Å². The molecule has 3 nitrogen and oxygen atoms in total. The monoisotopic (exact) mass is 178 g/mol. The number of hydrogen-bond donors (Lipinski definition) is 2. The quantitative estimate of drug-likeness (QED) is 0.639. The van der Waals surface area contributed by atoms with Crippen LogP contribution in [0.1, 0.15) is 12.0 Å². The Morgan fingerprint density at radius 3 is 2.58 bits per heavy atom. The van der Waals surface area contributed by atoms with Crippen LogP contribution in [0.15, 0.2) is 6.07 Å². The molecule has 1 heterocycles. The van der Waals surface area contributed by atoms with Crippen LogP contribution in [0.2, 0.25) is 0 Å².